The molecule has 4 aliphatic carbocycles. The third kappa shape index (κ3) is 3.17. The van der Waals surface area contributed by atoms with E-state index < -0.39 is 11.3 Å². The summed E-state index contributed by atoms with van der Waals surface area (Å²) in [6.45, 7) is 2.23. The van der Waals surface area contributed by atoms with Crippen LogP contribution in [-0.2, 0) is 0 Å². The lowest BCUT2D eigenvalue weighted by atomic mass is 9.53. The van der Waals surface area contributed by atoms with Crippen molar-refractivity contribution in [3.63, 3.8) is 0 Å². The number of nitrogens with zero attached hydrogens (tertiary/aromatic N) is 1. The molecule has 2 N–H and O–H groups in total. The number of halogens is 2. The van der Waals surface area contributed by atoms with Crippen LogP contribution < -0.4 is 0 Å². The summed E-state index contributed by atoms with van der Waals surface area (Å²) in [7, 11) is 0. The Labute approximate surface area is 200 Å². The van der Waals surface area contributed by atoms with Crippen LogP contribution in [0.5, 0.6) is 0 Å². The molecule has 6 rings (SSSR count). The molecule has 3 nitrogen and oxygen atoms in total. The van der Waals surface area contributed by atoms with E-state index in [0.717, 1.165) is 42.0 Å². The lowest BCUT2D eigenvalue weighted by Gasteiger charge is -2.56. The molecule has 4 aliphatic rings. The number of allylic oxidation sites excluding steroid dienone is 2. The third-order valence-corrected chi connectivity index (χ3v) is 10.3. The van der Waals surface area contributed by atoms with E-state index in [9.17, 15) is 10.2 Å². The van der Waals surface area contributed by atoms with Gasteiger partial charge in [-0.25, -0.2) is 9.37 Å². The average molecular weight is 470 g/mol. The predicted octanol–water partition coefficient (Wildman–Crippen LogP) is 6.49. The van der Waals surface area contributed by atoms with Crippen LogP contribution in [-0.4, -0.2) is 32.6 Å². The molecule has 0 radical (unpaired) electrons. The number of fused-ring (bicyclic) bond motifs is 5. The summed E-state index contributed by atoms with van der Waals surface area (Å²) in [5.41, 5.74) is -0.865. The van der Waals surface area contributed by atoms with E-state index in [1.165, 1.54) is 5.57 Å². The third-order valence-electron chi connectivity index (χ3n) is 9.96. The molecule has 6 unspecified atom stereocenters. The van der Waals surface area contributed by atoms with Crippen molar-refractivity contribution in [1.29, 1.82) is 0 Å². The fourth-order valence-corrected chi connectivity index (χ4v) is 8.33. The smallest absolute Gasteiger partial charge is 0.140 e. The van der Waals surface area contributed by atoms with Gasteiger partial charge in [0.2, 0.25) is 0 Å². The highest BCUT2D eigenvalue weighted by atomic mass is 35.5. The Morgan fingerprint density at radius 3 is 2.79 bits per heavy atom. The SMILES string of the molecule is CC12CCC3(F)CC4CC(O)CCC4CC[C@]3(O)C1CC=C2c1ccc2ccnc(Cl)c2c1. The first kappa shape index (κ1) is 22.0. The summed E-state index contributed by atoms with van der Waals surface area (Å²) >= 11 is 6.39. The molecule has 0 saturated heterocycles. The van der Waals surface area contributed by atoms with Crippen LogP contribution in [0.25, 0.3) is 16.3 Å². The van der Waals surface area contributed by atoms with E-state index in [1.54, 1.807) is 6.20 Å². The van der Waals surface area contributed by atoms with Crippen LogP contribution >= 0.6 is 11.6 Å². The zero-order valence-corrected chi connectivity index (χ0v) is 20.0. The quantitative estimate of drug-likeness (QED) is 0.469. The van der Waals surface area contributed by atoms with E-state index in [1.807, 2.05) is 6.07 Å². The molecular formula is C28H33ClFNO2. The molecule has 1 aromatic carbocycles. The average Bonchev–Trinajstić information content (AvgIpc) is 3.09. The zero-order valence-electron chi connectivity index (χ0n) is 19.2. The second-order valence-corrected chi connectivity index (χ2v) is 11.8. The Hall–Kier alpha value is -1.49. The first-order chi connectivity index (χ1) is 15.7. The maximum absolute atomic E-state index is 16.8. The summed E-state index contributed by atoms with van der Waals surface area (Å²) in [4.78, 5) is 4.24. The lowest BCUT2D eigenvalue weighted by molar-refractivity contribution is -0.195. The van der Waals surface area contributed by atoms with Gasteiger partial charge in [-0.05, 0) is 104 Å². The van der Waals surface area contributed by atoms with Gasteiger partial charge < -0.3 is 10.2 Å². The molecule has 33 heavy (non-hydrogen) atoms. The Morgan fingerprint density at radius 2 is 1.94 bits per heavy atom. The summed E-state index contributed by atoms with van der Waals surface area (Å²) in [5.74, 6) is 0.468. The molecular weight excluding hydrogens is 437 g/mol. The fraction of sp³-hybridized carbons (Fsp3) is 0.607. The largest absolute Gasteiger partial charge is 0.393 e. The minimum atomic E-state index is -1.58. The van der Waals surface area contributed by atoms with Gasteiger partial charge in [-0.15, -0.1) is 0 Å². The minimum Gasteiger partial charge on any atom is -0.393 e. The molecule has 2 aromatic rings. The van der Waals surface area contributed by atoms with Crippen molar-refractivity contribution in [3.05, 3.63) is 47.3 Å². The molecule has 1 heterocycles. The number of benzene rings is 1. The van der Waals surface area contributed by atoms with Crippen LogP contribution in [0.15, 0.2) is 36.5 Å². The summed E-state index contributed by atoms with van der Waals surface area (Å²) < 4.78 is 16.8. The molecule has 3 saturated carbocycles. The molecule has 1 aromatic heterocycles. The van der Waals surface area contributed by atoms with Crippen molar-refractivity contribution in [2.45, 2.75) is 82.1 Å². The Kier molecular flexibility index (Phi) is 5.00. The number of hydrogen-bond donors (Lipinski definition) is 2. The number of rotatable bonds is 1. The summed E-state index contributed by atoms with van der Waals surface area (Å²) in [6, 6.07) is 8.27. The van der Waals surface area contributed by atoms with E-state index in [2.05, 4.69) is 36.2 Å². The Bertz CT molecular complexity index is 1140. The Balaban J connectivity index is 1.36. The van der Waals surface area contributed by atoms with Crippen molar-refractivity contribution in [1.82, 2.24) is 4.98 Å². The van der Waals surface area contributed by atoms with Gasteiger partial charge in [0, 0.05) is 17.5 Å². The monoisotopic (exact) mass is 469 g/mol. The highest BCUT2D eigenvalue weighted by molar-refractivity contribution is 6.34. The van der Waals surface area contributed by atoms with E-state index >= 15 is 4.39 Å². The highest BCUT2D eigenvalue weighted by Gasteiger charge is 2.66. The normalized spacial score (nSPS) is 42.8. The van der Waals surface area contributed by atoms with Gasteiger partial charge in [0.1, 0.15) is 16.4 Å². The minimum absolute atomic E-state index is 0.135. The van der Waals surface area contributed by atoms with Gasteiger partial charge in [0.05, 0.1) is 6.10 Å². The number of aliphatic hydroxyl groups is 2. The van der Waals surface area contributed by atoms with E-state index in [-0.39, 0.29) is 23.4 Å². The number of aliphatic hydroxyl groups excluding tert-OH is 1. The van der Waals surface area contributed by atoms with Gasteiger partial charge >= 0.3 is 0 Å². The standard InChI is InChI=1S/C28H33ClFNO2/c1-26-11-12-27(30)16-20-14-21(32)5-4-17(20)8-10-28(27,33)24(26)7-6-23(26)19-3-2-18-9-13-31-25(29)22(18)15-19/h2-3,6,9,13,15,17,20-21,24,32-33H,4-5,7-8,10-12,14,16H2,1H3/t17?,20?,21?,24?,26?,27?,28-/m0/s1. The highest BCUT2D eigenvalue weighted by Crippen LogP contribution is 2.66. The van der Waals surface area contributed by atoms with Gasteiger partial charge in [-0.2, -0.15) is 0 Å². The number of aromatic nitrogens is 1. The van der Waals surface area contributed by atoms with E-state index in [0.29, 0.717) is 43.2 Å². The van der Waals surface area contributed by atoms with Crippen LogP contribution in [0.3, 0.4) is 0 Å². The molecule has 176 valence electrons. The number of pyridine rings is 1. The zero-order chi connectivity index (χ0) is 23.0. The lowest BCUT2D eigenvalue weighted by Crippen LogP contribution is -2.62. The van der Waals surface area contributed by atoms with Crippen molar-refractivity contribution in [2.24, 2.45) is 23.2 Å². The van der Waals surface area contributed by atoms with Crippen molar-refractivity contribution < 1.29 is 14.6 Å². The van der Waals surface area contributed by atoms with Gasteiger partial charge in [0.25, 0.3) is 0 Å². The molecule has 0 aliphatic heterocycles. The molecule has 5 heteroatoms. The predicted molar refractivity (Wildman–Crippen MR) is 130 cm³/mol. The molecule has 0 amide bonds. The molecule has 3 fully saturated rings. The maximum Gasteiger partial charge on any atom is 0.140 e. The summed E-state index contributed by atoms with van der Waals surface area (Å²) in [6.07, 6.45) is 9.67. The number of alkyl halides is 1. The Morgan fingerprint density at radius 1 is 1.09 bits per heavy atom. The fourth-order valence-electron chi connectivity index (χ4n) is 8.11. The van der Waals surface area contributed by atoms with Crippen molar-refractivity contribution in [3.8, 4) is 0 Å². The first-order valence-corrected chi connectivity index (χ1v) is 13.0. The van der Waals surface area contributed by atoms with Gasteiger partial charge in [0.15, 0.2) is 0 Å². The molecule has 0 spiro atoms. The van der Waals surface area contributed by atoms with Gasteiger partial charge in [-0.3, -0.25) is 0 Å². The van der Waals surface area contributed by atoms with Crippen LogP contribution in [0.1, 0.15) is 70.3 Å². The van der Waals surface area contributed by atoms with Crippen LogP contribution in [0.2, 0.25) is 5.15 Å². The topological polar surface area (TPSA) is 53.4 Å². The number of hydrogen-bond acceptors (Lipinski definition) is 3. The van der Waals surface area contributed by atoms with Crippen molar-refractivity contribution in [2.75, 3.05) is 0 Å². The maximum atomic E-state index is 16.8. The summed E-state index contributed by atoms with van der Waals surface area (Å²) in [5, 5.41) is 24.9. The van der Waals surface area contributed by atoms with E-state index in [4.69, 9.17) is 11.6 Å². The first-order valence-electron chi connectivity index (χ1n) is 12.6. The second-order valence-electron chi connectivity index (χ2n) is 11.5. The van der Waals surface area contributed by atoms with Crippen LogP contribution in [0, 0.1) is 23.2 Å². The van der Waals surface area contributed by atoms with Gasteiger partial charge in [-0.1, -0.05) is 36.7 Å². The second kappa shape index (κ2) is 7.50. The van der Waals surface area contributed by atoms with Crippen molar-refractivity contribution >= 4 is 27.9 Å². The molecule has 7 atom stereocenters. The van der Waals surface area contributed by atoms with Crippen LogP contribution in [0.4, 0.5) is 4.39 Å². The molecule has 0 bridgehead atoms.